The fourth-order valence-corrected chi connectivity index (χ4v) is 3.78. The van der Waals surface area contributed by atoms with Crippen molar-refractivity contribution in [2.45, 2.75) is 45.6 Å². The van der Waals surface area contributed by atoms with E-state index in [0.29, 0.717) is 0 Å². The van der Waals surface area contributed by atoms with E-state index in [0.717, 1.165) is 63.0 Å². The predicted octanol–water partition coefficient (Wildman–Crippen LogP) is 3.12. The van der Waals surface area contributed by atoms with Gasteiger partial charge in [0, 0.05) is 45.3 Å². The lowest BCUT2D eigenvalue weighted by Gasteiger charge is -2.33. The van der Waals surface area contributed by atoms with Gasteiger partial charge in [0.25, 0.3) is 5.91 Å². The number of benzene rings is 1. The summed E-state index contributed by atoms with van der Waals surface area (Å²) >= 11 is 0. The Morgan fingerprint density at radius 2 is 1.69 bits per heavy atom. The van der Waals surface area contributed by atoms with Crippen LogP contribution in [0.4, 0.5) is 0 Å². The standard InChI is InChI=1S/C21H32N4O/c1-17-10-14-25(15-11-17)21(22-2)23-16-18-6-8-19(9-7-18)20(26)24-12-4-3-5-13-24/h6-9,17H,3-5,10-16H2,1-2H3,(H,22,23). The lowest BCUT2D eigenvalue weighted by atomic mass is 9.99. The van der Waals surface area contributed by atoms with Crippen molar-refractivity contribution in [3.8, 4) is 0 Å². The molecule has 1 N–H and O–H groups in total. The molecule has 1 amide bonds. The van der Waals surface area contributed by atoms with Gasteiger partial charge in [0.2, 0.25) is 0 Å². The number of piperidine rings is 2. The van der Waals surface area contributed by atoms with Gasteiger partial charge in [-0.1, -0.05) is 19.1 Å². The lowest BCUT2D eigenvalue weighted by Crippen LogP contribution is -2.45. The van der Waals surface area contributed by atoms with Crippen molar-refractivity contribution in [1.29, 1.82) is 0 Å². The number of carbonyl (C=O) groups is 1. The van der Waals surface area contributed by atoms with Gasteiger partial charge < -0.3 is 15.1 Å². The average molecular weight is 357 g/mol. The van der Waals surface area contributed by atoms with Crippen LogP contribution >= 0.6 is 0 Å². The van der Waals surface area contributed by atoms with Crippen LogP contribution in [-0.2, 0) is 6.54 Å². The number of likely N-dealkylation sites (tertiary alicyclic amines) is 2. The highest BCUT2D eigenvalue weighted by Gasteiger charge is 2.19. The van der Waals surface area contributed by atoms with Crippen molar-refractivity contribution in [1.82, 2.24) is 15.1 Å². The average Bonchev–Trinajstić information content (AvgIpc) is 2.70. The molecular formula is C21H32N4O. The van der Waals surface area contributed by atoms with Crippen LogP contribution in [0.3, 0.4) is 0 Å². The van der Waals surface area contributed by atoms with Gasteiger partial charge in [0.1, 0.15) is 0 Å². The Morgan fingerprint density at radius 1 is 1.04 bits per heavy atom. The molecule has 0 saturated carbocycles. The van der Waals surface area contributed by atoms with E-state index in [9.17, 15) is 4.79 Å². The van der Waals surface area contributed by atoms with Crippen molar-refractivity contribution in [3.63, 3.8) is 0 Å². The van der Waals surface area contributed by atoms with Crippen LogP contribution < -0.4 is 5.32 Å². The first-order valence-electron chi connectivity index (χ1n) is 10.0. The largest absolute Gasteiger partial charge is 0.352 e. The fourth-order valence-electron chi connectivity index (χ4n) is 3.78. The summed E-state index contributed by atoms with van der Waals surface area (Å²) in [5.41, 5.74) is 1.97. The number of carbonyl (C=O) groups excluding carboxylic acids is 1. The summed E-state index contributed by atoms with van der Waals surface area (Å²) in [6, 6.07) is 8.02. The van der Waals surface area contributed by atoms with Crippen molar-refractivity contribution in [2.24, 2.45) is 10.9 Å². The molecule has 5 nitrogen and oxygen atoms in total. The number of nitrogens with one attached hydrogen (secondary N) is 1. The first-order valence-corrected chi connectivity index (χ1v) is 10.0. The summed E-state index contributed by atoms with van der Waals surface area (Å²) in [4.78, 5) is 21.3. The highest BCUT2D eigenvalue weighted by molar-refractivity contribution is 5.94. The molecule has 5 heteroatoms. The molecule has 2 saturated heterocycles. The van der Waals surface area contributed by atoms with E-state index in [1.165, 1.54) is 24.8 Å². The number of guanidine groups is 1. The van der Waals surface area contributed by atoms with Gasteiger partial charge in [0.15, 0.2) is 5.96 Å². The number of rotatable bonds is 3. The topological polar surface area (TPSA) is 47.9 Å². The Balaban J connectivity index is 1.53. The van der Waals surface area contributed by atoms with Crippen LogP contribution in [0, 0.1) is 5.92 Å². The Morgan fingerprint density at radius 3 is 2.31 bits per heavy atom. The summed E-state index contributed by atoms with van der Waals surface area (Å²) in [6.45, 7) is 6.99. The van der Waals surface area contributed by atoms with Crippen LogP contribution in [0.1, 0.15) is 54.9 Å². The first-order chi connectivity index (χ1) is 12.7. The van der Waals surface area contributed by atoms with Gasteiger partial charge in [-0.15, -0.1) is 0 Å². The third-order valence-electron chi connectivity index (χ3n) is 5.59. The minimum absolute atomic E-state index is 0.169. The second kappa shape index (κ2) is 9.06. The predicted molar refractivity (Wildman–Crippen MR) is 106 cm³/mol. The Hall–Kier alpha value is -2.04. The molecule has 0 bridgehead atoms. The van der Waals surface area contributed by atoms with E-state index in [2.05, 4.69) is 34.3 Å². The van der Waals surface area contributed by atoms with Crippen molar-refractivity contribution < 1.29 is 4.79 Å². The van der Waals surface area contributed by atoms with Crippen molar-refractivity contribution in [3.05, 3.63) is 35.4 Å². The zero-order valence-electron chi connectivity index (χ0n) is 16.2. The van der Waals surface area contributed by atoms with Gasteiger partial charge in [-0.25, -0.2) is 0 Å². The molecule has 1 aromatic carbocycles. The third-order valence-corrected chi connectivity index (χ3v) is 5.59. The Labute approximate surface area is 157 Å². The minimum Gasteiger partial charge on any atom is -0.352 e. The zero-order chi connectivity index (χ0) is 18.4. The van der Waals surface area contributed by atoms with Gasteiger partial charge in [-0.3, -0.25) is 9.79 Å². The summed E-state index contributed by atoms with van der Waals surface area (Å²) in [5.74, 6) is 1.96. The quantitative estimate of drug-likeness (QED) is 0.669. The Bertz CT molecular complexity index is 611. The second-order valence-corrected chi connectivity index (χ2v) is 7.62. The lowest BCUT2D eigenvalue weighted by molar-refractivity contribution is 0.0724. The monoisotopic (exact) mass is 356 g/mol. The SMILES string of the molecule is CN=C(NCc1ccc(C(=O)N2CCCCC2)cc1)N1CCC(C)CC1. The molecule has 3 rings (SSSR count). The molecule has 0 radical (unpaired) electrons. The summed E-state index contributed by atoms with van der Waals surface area (Å²) in [7, 11) is 1.85. The molecule has 2 aliphatic rings. The summed E-state index contributed by atoms with van der Waals surface area (Å²) in [6.07, 6.45) is 5.96. The van der Waals surface area contributed by atoms with Crippen LogP contribution in [0.2, 0.25) is 0 Å². The van der Waals surface area contributed by atoms with E-state index in [1.54, 1.807) is 0 Å². The number of aliphatic imine (C=N–C) groups is 1. The first kappa shape index (κ1) is 18.7. The maximum Gasteiger partial charge on any atom is 0.253 e. The fraction of sp³-hybridized carbons (Fsp3) is 0.619. The molecule has 0 aliphatic carbocycles. The van der Waals surface area contributed by atoms with Crippen molar-refractivity contribution >= 4 is 11.9 Å². The number of amides is 1. The molecule has 1 aromatic rings. The number of hydrogen-bond acceptors (Lipinski definition) is 2. The van der Waals surface area contributed by atoms with Crippen LogP contribution in [-0.4, -0.2) is 54.9 Å². The van der Waals surface area contributed by atoms with E-state index in [4.69, 9.17) is 0 Å². The summed E-state index contributed by atoms with van der Waals surface area (Å²) < 4.78 is 0. The van der Waals surface area contributed by atoms with Crippen molar-refractivity contribution in [2.75, 3.05) is 33.2 Å². The van der Waals surface area contributed by atoms with E-state index in [-0.39, 0.29) is 5.91 Å². The van der Waals surface area contributed by atoms with Gasteiger partial charge >= 0.3 is 0 Å². The molecule has 0 aromatic heterocycles. The molecule has 0 atom stereocenters. The van der Waals surface area contributed by atoms with Gasteiger partial charge in [-0.05, 0) is 55.7 Å². The molecule has 26 heavy (non-hydrogen) atoms. The van der Waals surface area contributed by atoms with E-state index in [1.807, 2.05) is 24.1 Å². The maximum atomic E-state index is 12.5. The molecule has 142 valence electrons. The smallest absolute Gasteiger partial charge is 0.253 e. The third kappa shape index (κ3) is 4.77. The summed E-state index contributed by atoms with van der Waals surface area (Å²) in [5, 5.41) is 3.46. The molecular weight excluding hydrogens is 324 g/mol. The second-order valence-electron chi connectivity index (χ2n) is 7.62. The van der Waals surface area contributed by atoms with Gasteiger partial charge in [-0.2, -0.15) is 0 Å². The Kier molecular flexibility index (Phi) is 6.53. The normalized spacial score (nSPS) is 19.5. The van der Waals surface area contributed by atoms with Gasteiger partial charge in [0.05, 0.1) is 0 Å². The zero-order valence-corrected chi connectivity index (χ0v) is 16.2. The van der Waals surface area contributed by atoms with Crippen LogP contribution in [0.15, 0.2) is 29.3 Å². The molecule has 2 heterocycles. The number of hydrogen-bond donors (Lipinski definition) is 1. The highest BCUT2D eigenvalue weighted by Crippen LogP contribution is 2.16. The molecule has 0 spiro atoms. The van der Waals surface area contributed by atoms with E-state index < -0.39 is 0 Å². The number of nitrogens with zero attached hydrogens (tertiary/aromatic N) is 3. The highest BCUT2D eigenvalue weighted by atomic mass is 16.2. The van der Waals surface area contributed by atoms with E-state index >= 15 is 0 Å². The molecule has 2 aliphatic heterocycles. The minimum atomic E-state index is 0.169. The molecule has 0 unspecified atom stereocenters. The van der Waals surface area contributed by atoms with Crippen LogP contribution in [0.25, 0.3) is 0 Å². The van der Waals surface area contributed by atoms with Crippen LogP contribution in [0.5, 0.6) is 0 Å². The molecule has 2 fully saturated rings. The maximum absolute atomic E-state index is 12.5.